The van der Waals surface area contributed by atoms with Gasteiger partial charge >= 0.3 is 0 Å². The summed E-state index contributed by atoms with van der Waals surface area (Å²) in [6.07, 6.45) is 3.24. The van der Waals surface area contributed by atoms with Crippen LogP contribution < -0.4 is 4.74 Å². The summed E-state index contributed by atoms with van der Waals surface area (Å²) in [5, 5.41) is 0.661. The predicted molar refractivity (Wildman–Crippen MR) is 132 cm³/mol. The Bertz CT molecular complexity index is 1360. The van der Waals surface area contributed by atoms with Gasteiger partial charge in [-0.05, 0) is 71.5 Å². The first-order valence-corrected chi connectivity index (χ1v) is 11.6. The molecule has 1 nitrogen and oxygen atoms in total. The lowest BCUT2D eigenvalue weighted by molar-refractivity contribution is 0.360. The fourth-order valence-electron chi connectivity index (χ4n) is 4.02. The van der Waals surface area contributed by atoms with Crippen LogP contribution in [0.3, 0.4) is 0 Å². The van der Waals surface area contributed by atoms with Crippen molar-refractivity contribution >= 4 is 22.4 Å². The molecule has 0 aliphatic heterocycles. The maximum atomic E-state index is 15.1. The Morgan fingerprint density at radius 1 is 0.714 bits per heavy atom. The van der Waals surface area contributed by atoms with Crippen LogP contribution in [0.2, 0.25) is 5.02 Å². The third-order valence-corrected chi connectivity index (χ3v) is 6.26. The number of benzene rings is 4. The minimum absolute atomic E-state index is 0.272. The lowest BCUT2D eigenvalue weighted by Crippen LogP contribution is -1.99. The van der Waals surface area contributed by atoms with Crippen LogP contribution in [0.15, 0.2) is 73.3 Å². The van der Waals surface area contributed by atoms with Crippen molar-refractivity contribution in [1.29, 1.82) is 0 Å². The van der Waals surface area contributed by atoms with Gasteiger partial charge in [-0.1, -0.05) is 60.7 Å². The highest BCUT2D eigenvalue weighted by atomic mass is 35.5. The Morgan fingerprint density at radius 3 is 2.11 bits per heavy atom. The molecule has 0 amide bonds. The molecule has 0 heterocycles. The van der Waals surface area contributed by atoms with E-state index in [-0.39, 0.29) is 24.5 Å². The molecule has 0 aliphatic rings. The van der Waals surface area contributed by atoms with Gasteiger partial charge < -0.3 is 4.74 Å². The third-order valence-electron chi connectivity index (χ3n) is 5.90. The Balaban J connectivity index is 1.44. The van der Waals surface area contributed by atoms with E-state index in [9.17, 15) is 13.2 Å². The van der Waals surface area contributed by atoms with Gasteiger partial charge in [-0.25, -0.2) is 17.6 Å². The number of halogens is 5. The van der Waals surface area contributed by atoms with Crippen molar-refractivity contribution in [3.63, 3.8) is 0 Å². The van der Waals surface area contributed by atoms with Crippen LogP contribution in [0.1, 0.15) is 22.3 Å². The molecule has 6 heteroatoms. The average Bonchev–Trinajstić information content (AvgIpc) is 2.85. The molecule has 0 unspecified atom stereocenters. The molecule has 0 radical (unpaired) electrons. The molecule has 180 valence electrons. The summed E-state index contributed by atoms with van der Waals surface area (Å²) >= 11 is 5.52. The van der Waals surface area contributed by atoms with Gasteiger partial charge in [0, 0.05) is 11.5 Å². The van der Waals surface area contributed by atoms with E-state index in [1.54, 1.807) is 30.3 Å². The SMILES string of the molecule is C=CCOc1ccc(CCc2ccc3c(F)c(CCc4cc(F)c(Cl)c(F)c4)ccc3c2)c(F)c1. The lowest BCUT2D eigenvalue weighted by atomic mass is 9.97. The highest BCUT2D eigenvalue weighted by Gasteiger charge is 2.12. The molecule has 0 bridgehead atoms. The number of hydrogen-bond acceptors (Lipinski definition) is 1. The van der Waals surface area contributed by atoms with E-state index in [0.29, 0.717) is 47.3 Å². The van der Waals surface area contributed by atoms with Crippen LogP contribution in [0.5, 0.6) is 5.75 Å². The number of fused-ring (bicyclic) bond motifs is 1. The van der Waals surface area contributed by atoms with Crippen LogP contribution in [0.4, 0.5) is 17.6 Å². The zero-order valence-electron chi connectivity index (χ0n) is 18.9. The number of hydrogen-bond donors (Lipinski definition) is 0. The van der Waals surface area contributed by atoms with Gasteiger partial charge in [0.05, 0.1) is 0 Å². The van der Waals surface area contributed by atoms with Crippen molar-refractivity contribution in [1.82, 2.24) is 0 Å². The van der Waals surface area contributed by atoms with Crippen LogP contribution in [0.25, 0.3) is 10.8 Å². The summed E-state index contributed by atoms with van der Waals surface area (Å²) in [5.41, 5.74) is 2.41. The van der Waals surface area contributed by atoms with Crippen LogP contribution in [-0.2, 0) is 25.7 Å². The predicted octanol–water partition coefficient (Wildman–Crippen LogP) is 8.18. The molecule has 0 fully saturated rings. The topological polar surface area (TPSA) is 9.23 Å². The zero-order valence-corrected chi connectivity index (χ0v) is 19.6. The van der Waals surface area contributed by atoms with E-state index in [1.807, 2.05) is 18.2 Å². The van der Waals surface area contributed by atoms with Gasteiger partial charge in [0.15, 0.2) is 0 Å². The molecule has 0 spiro atoms. The number of ether oxygens (including phenoxy) is 1. The standard InChI is InChI=1S/C29H23ClF4O/c1-2-13-35-23-11-10-20(25(31)17-23)6-3-18-5-12-24-22(14-18)9-8-21(29(24)34)7-4-19-15-26(32)28(30)27(33)16-19/h2,5,8-12,14-17H,1,3-4,6-7,13H2. The van der Waals surface area contributed by atoms with Crippen LogP contribution in [0, 0.1) is 23.3 Å². The normalized spacial score (nSPS) is 11.1. The van der Waals surface area contributed by atoms with Crippen LogP contribution in [-0.4, -0.2) is 6.61 Å². The van der Waals surface area contributed by atoms with E-state index in [0.717, 1.165) is 10.9 Å². The second kappa shape index (κ2) is 11.0. The summed E-state index contributed by atoms with van der Waals surface area (Å²) in [7, 11) is 0. The summed E-state index contributed by atoms with van der Waals surface area (Å²) in [6, 6.07) is 16.1. The van der Waals surface area contributed by atoms with Crippen molar-refractivity contribution < 1.29 is 22.3 Å². The van der Waals surface area contributed by atoms with Crippen molar-refractivity contribution in [2.75, 3.05) is 6.61 Å². The van der Waals surface area contributed by atoms with E-state index >= 15 is 4.39 Å². The molecule has 4 rings (SSSR count). The lowest BCUT2D eigenvalue weighted by Gasteiger charge is -2.10. The Morgan fingerprint density at radius 2 is 1.40 bits per heavy atom. The van der Waals surface area contributed by atoms with E-state index in [2.05, 4.69) is 6.58 Å². The van der Waals surface area contributed by atoms with Crippen molar-refractivity contribution in [3.05, 3.63) is 124 Å². The third kappa shape index (κ3) is 5.85. The Hall–Kier alpha value is -3.31. The monoisotopic (exact) mass is 498 g/mol. The average molecular weight is 499 g/mol. The second-order valence-electron chi connectivity index (χ2n) is 8.32. The second-order valence-corrected chi connectivity index (χ2v) is 8.70. The molecule has 0 aliphatic carbocycles. The molecule has 4 aromatic rings. The maximum absolute atomic E-state index is 15.1. The van der Waals surface area contributed by atoms with Crippen LogP contribution >= 0.6 is 11.6 Å². The highest BCUT2D eigenvalue weighted by Crippen LogP contribution is 2.26. The molecule has 0 saturated carbocycles. The quantitative estimate of drug-likeness (QED) is 0.128. The van der Waals surface area contributed by atoms with Crippen molar-refractivity contribution in [3.8, 4) is 5.75 Å². The van der Waals surface area contributed by atoms with Gasteiger partial charge in [0.1, 0.15) is 40.6 Å². The van der Waals surface area contributed by atoms with Gasteiger partial charge in [0.2, 0.25) is 0 Å². The van der Waals surface area contributed by atoms with Gasteiger partial charge in [-0.15, -0.1) is 0 Å². The molecule has 4 aromatic carbocycles. The first-order valence-electron chi connectivity index (χ1n) is 11.2. The number of rotatable bonds is 9. The smallest absolute Gasteiger partial charge is 0.145 e. The summed E-state index contributed by atoms with van der Waals surface area (Å²) < 4.78 is 62.2. The number of aryl methyl sites for hydroxylation is 4. The van der Waals surface area contributed by atoms with Crippen molar-refractivity contribution in [2.45, 2.75) is 25.7 Å². The molecular weight excluding hydrogens is 476 g/mol. The molecule has 35 heavy (non-hydrogen) atoms. The molecule has 0 aromatic heterocycles. The maximum Gasteiger partial charge on any atom is 0.145 e. The first-order chi connectivity index (χ1) is 16.9. The summed E-state index contributed by atoms with van der Waals surface area (Å²) in [4.78, 5) is 0. The summed E-state index contributed by atoms with van der Waals surface area (Å²) in [5.74, 6) is -1.89. The van der Waals surface area contributed by atoms with E-state index < -0.39 is 16.7 Å². The minimum atomic E-state index is -0.829. The van der Waals surface area contributed by atoms with Gasteiger partial charge in [-0.2, -0.15) is 0 Å². The highest BCUT2D eigenvalue weighted by molar-refractivity contribution is 6.30. The summed E-state index contributed by atoms with van der Waals surface area (Å²) in [6.45, 7) is 3.88. The first kappa shape index (κ1) is 24.8. The molecule has 0 atom stereocenters. The van der Waals surface area contributed by atoms with Gasteiger partial charge in [0.25, 0.3) is 0 Å². The molecule has 0 saturated heterocycles. The van der Waals surface area contributed by atoms with E-state index in [4.69, 9.17) is 16.3 Å². The molecule has 0 N–H and O–H groups in total. The minimum Gasteiger partial charge on any atom is -0.489 e. The fraction of sp³-hybridized carbons (Fsp3) is 0.172. The largest absolute Gasteiger partial charge is 0.489 e. The fourth-order valence-corrected chi connectivity index (χ4v) is 4.13. The Labute approximate surface area is 206 Å². The Kier molecular flexibility index (Phi) is 7.76. The van der Waals surface area contributed by atoms with Crippen molar-refractivity contribution in [2.24, 2.45) is 0 Å². The zero-order chi connectivity index (χ0) is 24.9. The molecular formula is C29H23ClF4O. The van der Waals surface area contributed by atoms with E-state index in [1.165, 1.54) is 18.2 Å². The van der Waals surface area contributed by atoms with Gasteiger partial charge in [-0.3, -0.25) is 0 Å².